The first-order valence-corrected chi connectivity index (χ1v) is 11.7. The second-order valence-corrected chi connectivity index (χ2v) is 8.17. The highest BCUT2D eigenvalue weighted by atomic mass is 19.2. The summed E-state index contributed by atoms with van der Waals surface area (Å²) >= 11 is 0. The van der Waals surface area contributed by atoms with Gasteiger partial charge in [-0.3, -0.25) is 0 Å². The molecule has 1 aliphatic heterocycles. The number of nitrogens with zero attached hydrogens (tertiary/aromatic N) is 4. The van der Waals surface area contributed by atoms with Crippen molar-refractivity contribution in [2.75, 3.05) is 13.6 Å². The molecule has 1 aliphatic rings. The molecule has 42 heavy (non-hydrogen) atoms. The summed E-state index contributed by atoms with van der Waals surface area (Å²) in [6.07, 6.45) is 8.20. The fourth-order valence-electron chi connectivity index (χ4n) is 2.95. The van der Waals surface area contributed by atoms with E-state index in [2.05, 4.69) is 60.8 Å². The summed E-state index contributed by atoms with van der Waals surface area (Å²) in [6, 6.07) is 0. The van der Waals surface area contributed by atoms with E-state index >= 15 is 0 Å². The largest absolute Gasteiger partial charge is 0.868 e. The Labute approximate surface area is 234 Å². The third kappa shape index (κ3) is 7.88. The molecule has 0 spiro atoms. The van der Waals surface area contributed by atoms with Crippen LogP contribution in [0.25, 0.3) is 0 Å². The molecule has 4 rings (SSSR count). The van der Waals surface area contributed by atoms with Gasteiger partial charge in [0.15, 0.2) is 34.8 Å². The Morgan fingerprint density at radius 1 is 0.738 bits per heavy atom. The molecular weight excluding hydrogens is 590 g/mol. The predicted octanol–water partition coefficient (Wildman–Crippen LogP) is 5.38. The Balaban J connectivity index is 0.000000283. The van der Waals surface area contributed by atoms with Crippen LogP contribution in [0.3, 0.4) is 0 Å². The Morgan fingerprint density at radius 2 is 1.14 bits per heavy atom. The smallest absolute Gasteiger partial charge is 0.252 e. The van der Waals surface area contributed by atoms with Gasteiger partial charge in [0.25, 0.3) is 5.82 Å². The fourth-order valence-corrected chi connectivity index (χ4v) is 2.95. The number of rotatable bonds is 2. The summed E-state index contributed by atoms with van der Waals surface area (Å²) in [5.41, 5.74) is 0. The number of aromatic nitrogens is 2. The minimum atomic E-state index is -2.33. The number of hydrogen-bond acceptors (Lipinski definition) is 4. The maximum absolute atomic E-state index is 12.2. The van der Waals surface area contributed by atoms with Crippen molar-refractivity contribution in [1.29, 1.82) is 0 Å². The molecule has 0 radical (unpaired) electrons. The molecule has 6 nitrogen and oxygen atoms in total. The lowest BCUT2D eigenvalue weighted by atomic mass is 10.3. The van der Waals surface area contributed by atoms with E-state index < -0.39 is 69.7 Å². The summed E-state index contributed by atoms with van der Waals surface area (Å²) in [6.45, 7) is 12.3. The van der Waals surface area contributed by atoms with Crippen molar-refractivity contribution < 1.29 is 58.7 Å². The van der Waals surface area contributed by atoms with Crippen LogP contribution >= 0.6 is 0 Å². The molecule has 0 saturated carbocycles. The molecule has 0 amide bonds. The van der Waals surface area contributed by atoms with E-state index in [1.54, 1.807) is 0 Å². The molecule has 0 saturated heterocycles. The highest BCUT2D eigenvalue weighted by Crippen LogP contribution is 2.27. The van der Waals surface area contributed by atoms with Crippen molar-refractivity contribution in [3.05, 3.63) is 101 Å². The topological polar surface area (TPSA) is 58.6 Å². The van der Waals surface area contributed by atoms with E-state index in [1.165, 1.54) is 5.82 Å². The van der Waals surface area contributed by atoms with Gasteiger partial charge in [0, 0.05) is 32.9 Å². The van der Waals surface area contributed by atoms with Crippen LogP contribution in [-0.2, 0) is 13.6 Å². The number of benzene rings is 2. The molecule has 16 heteroatoms. The Bertz CT molecular complexity index is 1180. The first kappa shape index (κ1) is 35.7. The monoisotopic (exact) mass is 616 g/mol. The lowest BCUT2D eigenvalue weighted by molar-refractivity contribution is -0.677. The zero-order chi connectivity index (χ0) is 32.6. The Morgan fingerprint density at radius 3 is 1.40 bits per heavy atom. The number of hydrogen-bond donors (Lipinski definition) is 1. The van der Waals surface area contributed by atoms with E-state index in [1.807, 2.05) is 24.3 Å². The average molecular weight is 617 g/mol. The summed E-state index contributed by atoms with van der Waals surface area (Å²) in [5, 5.41) is 18.5. The van der Waals surface area contributed by atoms with Crippen molar-refractivity contribution in [1.82, 2.24) is 14.4 Å². The molecule has 0 fully saturated rings. The van der Waals surface area contributed by atoms with Crippen LogP contribution in [0.2, 0.25) is 0 Å². The number of phenolic OH excluding ortho intramolecular Hbond substituents is 1. The predicted molar refractivity (Wildman–Crippen MR) is 128 cm³/mol. The number of imidazole rings is 1. The number of phenols is 1. The molecule has 0 atom stereocenters. The second-order valence-electron chi connectivity index (χ2n) is 8.17. The lowest BCUT2D eigenvalue weighted by Crippen LogP contribution is -2.29. The van der Waals surface area contributed by atoms with Crippen LogP contribution in [-0.4, -0.2) is 33.1 Å². The minimum Gasteiger partial charge on any atom is -0.868 e. The van der Waals surface area contributed by atoms with Gasteiger partial charge in [-0.05, 0) is 19.6 Å². The van der Waals surface area contributed by atoms with Gasteiger partial charge in [0.2, 0.25) is 29.1 Å². The molecule has 0 aliphatic carbocycles. The van der Waals surface area contributed by atoms with Gasteiger partial charge in [-0.1, -0.05) is 6.58 Å². The summed E-state index contributed by atoms with van der Waals surface area (Å²) in [5.74, 6) is -24.2. The number of halogens is 10. The van der Waals surface area contributed by atoms with Crippen LogP contribution in [0, 0.1) is 65.1 Å². The van der Waals surface area contributed by atoms with Crippen molar-refractivity contribution >= 4 is 0 Å². The molecule has 0 bridgehead atoms. The van der Waals surface area contributed by atoms with Gasteiger partial charge in [-0.2, -0.15) is 8.78 Å². The molecular formula is C26H26F10N4O2. The summed E-state index contributed by atoms with van der Waals surface area (Å²) in [4.78, 5) is 4.10. The zero-order valence-electron chi connectivity index (χ0n) is 22.9. The third-order valence-electron chi connectivity index (χ3n) is 5.64. The van der Waals surface area contributed by atoms with E-state index in [-0.39, 0.29) is 0 Å². The standard InChI is InChI=1S/C7H13N2.C7H12N2.2C6HF5O/c2*1-4-9-6-5-8(3)7(9)2;2*7-1-2(8)4(10)6(12)5(11)3(1)9/h5-6H,4H2,1-3H3;5-6H,2,4H2,1,3H3;2*12H/q+1;;;/p-1. The van der Waals surface area contributed by atoms with Gasteiger partial charge >= 0.3 is 0 Å². The highest BCUT2D eigenvalue weighted by molar-refractivity contribution is 5.28. The molecule has 232 valence electrons. The average Bonchev–Trinajstić information content (AvgIpc) is 3.50. The maximum Gasteiger partial charge on any atom is 0.252 e. The lowest BCUT2D eigenvalue weighted by Gasteiger charge is -2.18. The SMILES string of the molecule is C=C1N(C)C=CN1CC.CCn1cc[n+](C)c1C.Oc1c(F)c(F)c(F)c(F)c1F.[O-]c1c(F)c(F)c(F)c(F)c1F. The van der Waals surface area contributed by atoms with Gasteiger partial charge in [-0.25, -0.2) is 44.3 Å². The third-order valence-corrected chi connectivity index (χ3v) is 5.64. The quantitative estimate of drug-likeness (QED) is 0.182. The fraction of sp³-hybridized carbons (Fsp3) is 0.269. The Hall–Kier alpha value is -4.37. The van der Waals surface area contributed by atoms with Crippen LogP contribution < -0.4 is 9.67 Å². The van der Waals surface area contributed by atoms with Crippen molar-refractivity contribution in [2.24, 2.45) is 7.05 Å². The maximum atomic E-state index is 12.2. The number of aryl methyl sites for hydroxylation is 2. The Kier molecular flexibility index (Phi) is 12.8. The van der Waals surface area contributed by atoms with E-state index in [0.29, 0.717) is 0 Å². The van der Waals surface area contributed by atoms with Crippen molar-refractivity contribution in [3.63, 3.8) is 0 Å². The summed E-state index contributed by atoms with van der Waals surface area (Å²) < 4.78 is 125. The van der Waals surface area contributed by atoms with E-state index in [4.69, 9.17) is 5.11 Å². The van der Waals surface area contributed by atoms with Crippen LogP contribution in [0.4, 0.5) is 43.9 Å². The molecule has 3 aromatic rings. The van der Waals surface area contributed by atoms with E-state index in [0.717, 1.165) is 18.9 Å². The highest BCUT2D eigenvalue weighted by Gasteiger charge is 2.25. The van der Waals surface area contributed by atoms with Crippen LogP contribution in [0.5, 0.6) is 11.5 Å². The second kappa shape index (κ2) is 15.0. The van der Waals surface area contributed by atoms with Crippen molar-refractivity contribution in [3.8, 4) is 11.5 Å². The van der Waals surface area contributed by atoms with Gasteiger partial charge < -0.3 is 20.0 Å². The zero-order valence-corrected chi connectivity index (χ0v) is 22.9. The molecule has 2 aromatic carbocycles. The van der Waals surface area contributed by atoms with Gasteiger partial charge in [0.05, 0.1) is 13.6 Å². The van der Waals surface area contributed by atoms with Crippen LogP contribution in [0.15, 0.2) is 37.2 Å². The van der Waals surface area contributed by atoms with Gasteiger partial charge in [-0.15, -0.1) is 0 Å². The molecule has 1 aromatic heterocycles. The molecule has 1 N–H and O–H groups in total. The van der Waals surface area contributed by atoms with Crippen LogP contribution in [0.1, 0.15) is 19.7 Å². The number of aromatic hydroxyl groups is 1. The summed E-state index contributed by atoms with van der Waals surface area (Å²) in [7, 11) is 4.05. The molecule has 0 unspecified atom stereocenters. The molecule has 2 heterocycles. The minimum absolute atomic E-state index is 1.000. The first-order valence-electron chi connectivity index (χ1n) is 11.7. The van der Waals surface area contributed by atoms with Crippen molar-refractivity contribution in [2.45, 2.75) is 27.3 Å². The first-order chi connectivity index (χ1) is 19.4. The normalized spacial score (nSPS) is 11.9. The van der Waals surface area contributed by atoms with E-state index in [9.17, 15) is 49.0 Å². The van der Waals surface area contributed by atoms with Gasteiger partial charge in [0.1, 0.15) is 18.2 Å².